The van der Waals surface area contributed by atoms with Crippen molar-refractivity contribution in [2.45, 2.75) is 18.6 Å². The summed E-state index contributed by atoms with van der Waals surface area (Å²) < 4.78 is 43.2. The predicted molar refractivity (Wildman–Crippen MR) is 171 cm³/mol. The number of aromatic nitrogens is 5. The summed E-state index contributed by atoms with van der Waals surface area (Å²) in [5, 5.41) is 13.5. The quantitative estimate of drug-likeness (QED) is 0.112. The van der Waals surface area contributed by atoms with E-state index in [1.54, 1.807) is 55.9 Å². The lowest BCUT2D eigenvalue weighted by Crippen LogP contribution is -2.28. The van der Waals surface area contributed by atoms with E-state index in [2.05, 4.69) is 31.0 Å². The van der Waals surface area contributed by atoms with Crippen molar-refractivity contribution >= 4 is 28.7 Å². The van der Waals surface area contributed by atoms with Gasteiger partial charge in [-0.05, 0) is 24.3 Å². The molecule has 4 aromatic rings. The fourth-order valence-corrected chi connectivity index (χ4v) is 4.44. The normalized spacial score (nSPS) is 15.5. The highest BCUT2D eigenvalue weighted by atomic mass is 19.1. The van der Waals surface area contributed by atoms with E-state index in [1.807, 2.05) is 0 Å². The van der Waals surface area contributed by atoms with E-state index in [0.29, 0.717) is 83.2 Å². The van der Waals surface area contributed by atoms with Crippen LogP contribution in [0.25, 0.3) is 11.5 Å². The molecule has 0 aliphatic heterocycles. The molecule has 0 aromatic carbocycles. The average molecular weight is 655 g/mol. The van der Waals surface area contributed by atoms with Gasteiger partial charge in [0.15, 0.2) is 17.2 Å². The summed E-state index contributed by atoms with van der Waals surface area (Å²) in [5.41, 5.74) is 0.938. The van der Waals surface area contributed by atoms with Gasteiger partial charge < -0.3 is 39.6 Å². The second-order valence-electron chi connectivity index (χ2n) is 10.4. The van der Waals surface area contributed by atoms with Crippen molar-refractivity contribution in [1.82, 2.24) is 29.5 Å². The molecule has 3 N–H and O–H groups in total. The van der Waals surface area contributed by atoms with Crippen LogP contribution < -0.4 is 21.5 Å². The molecule has 1 amide bonds. The van der Waals surface area contributed by atoms with Gasteiger partial charge in [0, 0.05) is 38.5 Å². The van der Waals surface area contributed by atoms with Gasteiger partial charge in [0.1, 0.15) is 17.7 Å². The lowest BCUT2D eigenvalue weighted by Gasteiger charge is -2.13. The molecular weight excluding hydrogens is 615 g/mol. The number of pyridine rings is 2. The van der Waals surface area contributed by atoms with Crippen molar-refractivity contribution in [3.8, 4) is 5.82 Å². The topological polar surface area (TPSA) is 164 Å². The highest BCUT2D eigenvalue weighted by molar-refractivity contribution is 5.94. The molecule has 0 bridgehead atoms. The summed E-state index contributed by atoms with van der Waals surface area (Å²) in [5.74, 6) is 0.236. The van der Waals surface area contributed by atoms with Gasteiger partial charge in [-0.15, -0.1) is 5.10 Å². The van der Waals surface area contributed by atoms with E-state index in [-0.39, 0.29) is 29.2 Å². The number of amides is 1. The van der Waals surface area contributed by atoms with Gasteiger partial charge in [-0.2, -0.15) is 0 Å². The van der Waals surface area contributed by atoms with E-state index in [1.165, 1.54) is 15.3 Å². The summed E-state index contributed by atoms with van der Waals surface area (Å²) in [4.78, 5) is 34.9. The van der Waals surface area contributed by atoms with E-state index in [4.69, 9.17) is 23.7 Å². The first-order valence-electron chi connectivity index (χ1n) is 15.3. The third-order valence-electron chi connectivity index (χ3n) is 6.95. The number of methoxy groups -OCH3 is 1. The number of nitrogens with zero attached hydrogens (tertiary/aromatic N) is 5. The largest absolute Gasteiger partial charge is 0.382 e. The number of carbonyl (C=O) groups excluding carboxylic acids is 1. The van der Waals surface area contributed by atoms with Crippen LogP contribution in [-0.4, -0.2) is 115 Å². The Morgan fingerprint density at radius 1 is 0.936 bits per heavy atom. The predicted octanol–water partition coefficient (Wildman–Crippen LogP) is 1.98. The first-order valence-corrected chi connectivity index (χ1v) is 15.3. The van der Waals surface area contributed by atoms with Gasteiger partial charge in [-0.1, -0.05) is 6.07 Å². The zero-order valence-electron chi connectivity index (χ0n) is 26.1. The Hall–Kier alpha value is -4.48. The van der Waals surface area contributed by atoms with Gasteiger partial charge in [0.2, 0.25) is 0 Å². The molecule has 0 radical (unpaired) electrons. The smallest absolute Gasteiger partial charge is 0.279 e. The fraction of sp³-hybridized carbons (Fsp3) is 0.452. The summed E-state index contributed by atoms with van der Waals surface area (Å²) in [6.45, 7) is 4.57. The van der Waals surface area contributed by atoms with Crippen molar-refractivity contribution in [2.75, 3.05) is 83.8 Å². The zero-order valence-corrected chi connectivity index (χ0v) is 26.1. The van der Waals surface area contributed by atoms with Crippen molar-refractivity contribution in [3.63, 3.8) is 0 Å². The van der Waals surface area contributed by atoms with Gasteiger partial charge in [0.25, 0.3) is 11.5 Å². The fourth-order valence-electron chi connectivity index (χ4n) is 4.44. The number of alkyl halides is 1. The number of imidazole rings is 1. The van der Waals surface area contributed by atoms with Crippen LogP contribution in [0.1, 0.15) is 16.9 Å². The first kappa shape index (κ1) is 33.9. The Morgan fingerprint density at radius 3 is 2.30 bits per heavy atom. The second kappa shape index (κ2) is 17.4. The molecule has 1 aliphatic rings. The molecule has 252 valence electrons. The Kier molecular flexibility index (Phi) is 12.6. The van der Waals surface area contributed by atoms with Gasteiger partial charge in [-0.3, -0.25) is 14.2 Å². The number of anilines is 3. The molecule has 0 saturated heterocycles. The molecule has 4 heterocycles. The maximum Gasteiger partial charge on any atom is 0.279 e. The molecule has 2 atom stereocenters. The molecular formula is C31H39FN8O7. The Balaban J connectivity index is 1.17. The highest BCUT2D eigenvalue weighted by Crippen LogP contribution is 2.26. The second-order valence-corrected chi connectivity index (χ2v) is 10.4. The molecule has 15 nitrogen and oxygen atoms in total. The van der Waals surface area contributed by atoms with E-state index < -0.39 is 18.1 Å². The van der Waals surface area contributed by atoms with Crippen LogP contribution >= 0.6 is 0 Å². The molecule has 1 fully saturated rings. The summed E-state index contributed by atoms with van der Waals surface area (Å²) in [6.07, 6.45) is 3.82. The van der Waals surface area contributed by atoms with E-state index in [9.17, 15) is 14.0 Å². The lowest BCUT2D eigenvalue weighted by atomic mass is 10.3. The Morgan fingerprint density at radius 2 is 1.64 bits per heavy atom. The molecule has 16 heteroatoms. The Labute approximate surface area is 270 Å². The minimum absolute atomic E-state index is 0.126. The molecule has 47 heavy (non-hydrogen) atoms. The van der Waals surface area contributed by atoms with Gasteiger partial charge >= 0.3 is 0 Å². The van der Waals surface area contributed by atoms with Crippen LogP contribution in [0.4, 0.5) is 21.6 Å². The number of ether oxygens (including phenoxy) is 5. The standard InChI is InChI=1S/C31H39FN8O7/c1-43-11-12-45-15-16-47-18-17-46-14-13-44-10-8-33-25-20-27(36-23-5-4-9-39(31(23)42)28-6-2-3-7-34-28)38-40-26(21-35-29(25)40)30(41)37-24-19-22(24)32/h2-7,9,20-22,24,33H,8,10-19H2,1H3,(H,36,38)(H,37,41)/t22-,24+/m0/s1. The number of halogens is 1. The maximum absolute atomic E-state index is 13.5. The average Bonchev–Trinajstić information content (AvgIpc) is 3.59. The number of carbonyl (C=O) groups is 1. The number of hydrogen-bond donors (Lipinski definition) is 3. The van der Waals surface area contributed by atoms with Crippen LogP contribution in [0.3, 0.4) is 0 Å². The van der Waals surface area contributed by atoms with Crippen LogP contribution in [0.5, 0.6) is 0 Å². The van der Waals surface area contributed by atoms with Crippen molar-refractivity contribution in [2.24, 2.45) is 0 Å². The zero-order chi connectivity index (χ0) is 32.8. The molecule has 4 aromatic heterocycles. The minimum atomic E-state index is -1.06. The summed E-state index contributed by atoms with van der Waals surface area (Å²) in [7, 11) is 1.63. The number of rotatable bonds is 21. The summed E-state index contributed by atoms with van der Waals surface area (Å²) >= 11 is 0. The number of nitrogens with one attached hydrogen (secondary N) is 3. The molecule has 5 rings (SSSR count). The van der Waals surface area contributed by atoms with Crippen molar-refractivity contribution in [1.29, 1.82) is 0 Å². The van der Waals surface area contributed by atoms with E-state index >= 15 is 0 Å². The third kappa shape index (κ3) is 9.76. The van der Waals surface area contributed by atoms with Crippen molar-refractivity contribution < 1.29 is 32.9 Å². The number of hydrogen-bond acceptors (Lipinski definition) is 12. The van der Waals surface area contributed by atoms with Crippen LogP contribution in [0.15, 0.2) is 59.8 Å². The molecule has 1 aliphatic carbocycles. The van der Waals surface area contributed by atoms with Crippen LogP contribution in [-0.2, 0) is 23.7 Å². The lowest BCUT2D eigenvalue weighted by molar-refractivity contribution is -0.00700. The monoisotopic (exact) mass is 654 g/mol. The summed E-state index contributed by atoms with van der Waals surface area (Å²) in [6, 6.07) is 9.77. The third-order valence-corrected chi connectivity index (χ3v) is 6.95. The van der Waals surface area contributed by atoms with Gasteiger partial charge in [-0.25, -0.2) is 18.9 Å². The highest BCUT2D eigenvalue weighted by Gasteiger charge is 2.39. The van der Waals surface area contributed by atoms with Crippen molar-refractivity contribution in [3.05, 3.63) is 71.0 Å². The van der Waals surface area contributed by atoms with Crippen LogP contribution in [0, 0.1) is 0 Å². The molecule has 0 unspecified atom stereocenters. The minimum Gasteiger partial charge on any atom is -0.382 e. The van der Waals surface area contributed by atoms with Crippen LogP contribution in [0.2, 0.25) is 0 Å². The van der Waals surface area contributed by atoms with E-state index in [0.717, 1.165) is 0 Å². The maximum atomic E-state index is 13.5. The Bertz CT molecular complexity index is 1640. The van der Waals surface area contributed by atoms with Gasteiger partial charge in [0.05, 0.1) is 77.4 Å². The molecule has 1 saturated carbocycles. The first-order chi connectivity index (χ1) is 23.0. The number of fused-ring (bicyclic) bond motifs is 1. The SMILES string of the molecule is COCCOCCOCCOCCOCCNc1cc(Nc2cccn(-c3ccccn3)c2=O)nn2c(C(=O)N[C@@H]3C[C@@H]3F)cnc12. The molecule has 0 spiro atoms.